The van der Waals surface area contributed by atoms with Gasteiger partial charge in [-0.1, -0.05) is 30.3 Å². The van der Waals surface area contributed by atoms with Crippen LogP contribution in [0.3, 0.4) is 0 Å². The van der Waals surface area contributed by atoms with Gasteiger partial charge in [0.1, 0.15) is 11.4 Å². The van der Waals surface area contributed by atoms with Crippen LogP contribution in [0.15, 0.2) is 58.4 Å². The van der Waals surface area contributed by atoms with Gasteiger partial charge in [0.2, 0.25) is 10.0 Å². The number of primary sulfonamides is 1. The molecule has 1 fully saturated rings. The minimum Gasteiger partial charge on any atom is -0.487 e. The topological polar surface area (TPSA) is 106 Å². The lowest BCUT2D eigenvalue weighted by Crippen LogP contribution is -2.46. The van der Waals surface area contributed by atoms with E-state index in [1.54, 1.807) is 19.2 Å². The summed E-state index contributed by atoms with van der Waals surface area (Å²) in [5.41, 5.74) is 1.84. The van der Waals surface area contributed by atoms with Crippen LogP contribution in [0.1, 0.15) is 49.3 Å². The molecule has 4 rings (SSSR count). The van der Waals surface area contributed by atoms with E-state index in [-0.39, 0.29) is 16.5 Å². The maximum absolute atomic E-state index is 11.6. The minimum absolute atomic E-state index is 0.0926. The molecule has 2 aromatic carbocycles. The molecular formula is C22H28N4O3S. The summed E-state index contributed by atoms with van der Waals surface area (Å²) in [5, 5.41) is 12.1. The number of hydrogen-bond donors (Lipinski definition) is 3. The van der Waals surface area contributed by atoms with Crippen molar-refractivity contribution in [2.24, 2.45) is 10.1 Å². The number of ether oxygens (including phenoxy) is 1. The Labute approximate surface area is 177 Å². The van der Waals surface area contributed by atoms with Crippen molar-refractivity contribution in [3.8, 4) is 5.75 Å². The molecule has 1 spiro atoms. The molecule has 0 bridgehead atoms. The lowest BCUT2D eigenvalue weighted by molar-refractivity contribution is 0.0396. The Morgan fingerprint density at radius 3 is 2.70 bits per heavy atom. The summed E-state index contributed by atoms with van der Waals surface area (Å²) in [6.45, 7) is 0.430. The average molecular weight is 429 g/mol. The molecule has 30 heavy (non-hydrogen) atoms. The molecule has 0 saturated heterocycles. The fourth-order valence-corrected chi connectivity index (χ4v) is 5.03. The highest BCUT2D eigenvalue weighted by atomic mass is 32.2. The number of nitrogens with one attached hydrogen (secondary N) is 2. The zero-order valence-corrected chi connectivity index (χ0v) is 17.9. The standard InChI is InChI=1S/C22H28N4O3S/c1-24-21(25-15-16-7-6-8-17(13-16)30(23,27)28)26-19-14-22(11-4-5-12-22)29-20-10-3-2-9-18(19)20/h2-3,6-10,13,19H,4-5,11-12,14-15H2,1H3,(H2,23,27,28)(H2,24,25,26). The summed E-state index contributed by atoms with van der Waals surface area (Å²) < 4.78 is 29.6. The minimum atomic E-state index is -3.73. The number of aliphatic imine (C=N–C) groups is 1. The number of fused-ring (bicyclic) bond motifs is 1. The van der Waals surface area contributed by atoms with Crippen LogP contribution < -0.4 is 20.5 Å². The SMILES string of the molecule is CN=C(NCc1cccc(S(N)(=O)=O)c1)NC1CC2(CCCC2)Oc2ccccc21. The van der Waals surface area contributed by atoms with Crippen molar-refractivity contribution in [1.29, 1.82) is 0 Å². The molecule has 4 N–H and O–H groups in total. The molecule has 1 atom stereocenters. The van der Waals surface area contributed by atoms with E-state index in [4.69, 9.17) is 9.88 Å². The summed E-state index contributed by atoms with van der Waals surface area (Å²) in [6, 6.07) is 14.9. The summed E-state index contributed by atoms with van der Waals surface area (Å²) in [6.07, 6.45) is 5.44. The number of nitrogens with two attached hydrogens (primary N) is 1. The molecule has 160 valence electrons. The lowest BCUT2D eigenvalue weighted by Gasteiger charge is -2.40. The van der Waals surface area contributed by atoms with Crippen molar-refractivity contribution in [2.75, 3.05) is 7.05 Å². The zero-order chi connectivity index (χ0) is 21.2. The highest BCUT2D eigenvalue weighted by Crippen LogP contribution is 2.46. The van der Waals surface area contributed by atoms with Gasteiger partial charge in [0, 0.05) is 25.6 Å². The number of nitrogens with zero attached hydrogens (tertiary/aromatic N) is 1. The molecule has 7 nitrogen and oxygen atoms in total. The first-order valence-corrected chi connectivity index (χ1v) is 11.8. The van der Waals surface area contributed by atoms with Gasteiger partial charge in [-0.25, -0.2) is 13.6 Å². The van der Waals surface area contributed by atoms with Crippen LogP contribution in [-0.4, -0.2) is 27.0 Å². The fourth-order valence-electron chi connectivity index (χ4n) is 4.45. The Bertz CT molecular complexity index is 1050. The third kappa shape index (κ3) is 4.44. The van der Waals surface area contributed by atoms with E-state index in [1.807, 2.05) is 24.3 Å². The third-order valence-electron chi connectivity index (χ3n) is 5.93. The molecule has 1 unspecified atom stereocenters. The summed E-state index contributed by atoms with van der Waals surface area (Å²) in [5.74, 6) is 1.60. The van der Waals surface area contributed by atoms with Gasteiger partial charge in [-0.2, -0.15) is 0 Å². The molecule has 2 aliphatic rings. The van der Waals surface area contributed by atoms with Crippen LogP contribution in [0.25, 0.3) is 0 Å². The second-order valence-corrected chi connectivity index (χ2v) is 9.61. The van der Waals surface area contributed by atoms with Gasteiger partial charge in [0.05, 0.1) is 10.9 Å². The van der Waals surface area contributed by atoms with Crippen molar-refractivity contribution in [3.05, 3.63) is 59.7 Å². The smallest absolute Gasteiger partial charge is 0.238 e. The normalized spacial score (nSPS) is 20.5. The van der Waals surface area contributed by atoms with Crippen LogP contribution in [-0.2, 0) is 16.6 Å². The Morgan fingerprint density at radius 2 is 1.97 bits per heavy atom. The maximum Gasteiger partial charge on any atom is 0.238 e. The number of sulfonamides is 1. The van der Waals surface area contributed by atoms with E-state index in [9.17, 15) is 8.42 Å². The van der Waals surface area contributed by atoms with Gasteiger partial charge >= 0.3 is 0 Å². The monoisotopic (exact) mass is 428 g/mol. The van der Waals surface area contributed by atoms with Gasteiger partial charge in [-0.3, -0.25) is 4.99 Å². The molecule has 0 amide bonds. The average Bonchev–Trinajstić information content (AvgIpc) is 3.17. The second kappa shape index (κ2) is 8.28. The Hall–Kier alpha value is -2.58. The molecule has 1 saturated carbocycles. The van der Waals surface area contributed by atoms with E-state index in [0.717, 1.165) is 36.1 Å². The van der Waals surface area contributed by atoms with Crippen LogP contribution in [0.2, 0.25) is 0 Å². The molecule has 1 aliphatic heterocycles. The maximum atomic E-state index is 11.6. The van der Waals surface area contributed by atoms with Crippen molar-refractivity contribution in [3.63, 3.8) is 0 Å². The van der Waals surface area contributed by atoms with Crippen molar-refractivity contribution < 1.29 is 13.2 Å². The molecule has 0 aromatic heterocycles. The fraction of sp³-hybridized carbons (Fsp3) is 0.409. The number of para-hydroxylation sites is 1. The van der Waals surface area contributed by atoms with Gasteiger partial charge in [-0.05, 0) is 49.4 Å². The molecule has 1 heterocycles. The Balaban J connectivity index is 1.48. The van der Waals surface area contributed by atoms with Crippen LogP contribution in [0, 0.1) is 0 Å². The van der Waals surface area contributed by atoms with E-state index < -0.39 is 10.0 Å². The predicted molar refractivity (Wildman–Crippen MR) is 117 cm³/mol. The molecule has 8 heteroatoms. The zero-order valence-electron chi connectivity index (χ0n) is 17.1. The predicted octanol–water partition coefficient (Wildman–Crippen LogP) is 2.84. The van der Waals surface area contributed by atoms with Gasteiger partial charge in [0.25, 0.3) is 0 Å². The van der Waals surface area contributed by atoms with Crippen molar-refractivity contribution in [2.45, 2.75) is 55.2 Å². The first-order valence-electron chi connectivity index (χ1n) is 10.3. The Morgan fingerprint density at radius 1 is 1.20 bits per heavy atom. The highest BCUT2D eigenvalue weighted by Gasteiger charge is 2.43. The van der Waals surface area contributed by atoms with Crippen molar-refractivity contribution in [1.82, 2.24) is 10.6 Å². The Kier molecular flexibility index (Phi) is 5.71. The first-order chi connectivity index (χ1) is 14.4. The van der Waals surface area contributed by atoms with Crippen LogP contribution >= 0.6 is 0 Å². The van der Waals surface area contributed by atoms with Gasteiger partial charge < -0.3 is 15.4 Å². The first kappa shape index (κ1) is 20.7. The summed E-state index contributed by atoms with van der Waals surface area (Å²) in [4.78, 5) is 4.47. The molecular weight excluding hydrogens is 400 g/mol. The van der Waals surface area contributed by atoms with E-state index in [1.165, 1.54) is 18.9 Å². The number of rotatable bonds is 4. The number of guanidine groups is 1. The third-order valence-corrected chi connectivity index (χ3v) is 6.84. The number of benzene rings is 2. The van der Waals surface area contributed by atoms with Crippen LogP contribution in [0.5, 0.6) is 5.75 Å². The van der Waals surface area contributed by atoms with Crippen molar-refractivity contribution >= 4 is 16.0 Å². The van der Waals surface area contributed by atoms with E-state index >= 15 is 0 Å². The van der Waals surface area contributed by atoms with Gasteiger partial charge in [0.15, 0.2) is 5.96 Å². The number of hydrogen-bond acceptors (Lipinski definition) is 4. The summed E-state index contributed by atoms with van der Waals surface area (Å²) >= 11 is 0. The largest absolute Gasteiger partial charge is 0.487 e. The molecule has 2 aromatic rings. The molecule has 0 radical (unpaired) electrons. The van der Waals surface area contributed by atoms with E-state index in [0.29, 0.717) is 12.5 Å². The van der Waals surface area contributed by atoms with E-state index in [2.05, 4.69) is 21.7 Å². The highest BCUT2D eigenvalue weighted by molar-refractivity contribution is 7.89. The van der Waals surface area contributed by atoms with Crippen LogP contribution in [0.4, 0.5) is 0 Å². The summed E-state index contributed by atoms with van der Waals surface area (Å²) in [7, 11) is -2.00. The lowest BCUT2D eigenvalue weighted by atomic mass is 9.86. The second-order valence-electron chi connectivity index (χ2n) is 8.05. The molecule has 1 aliphatic carbocycles. The van der Waals surface area contributed by atoms with Gasteiger partial charge in [-0.15, -0.1) is 0 Å². The quantitative estimate of drug-likeness (QED) is 0.513.